The van der Waals surface area contributed by atoms with Gasteiger partial charge in [-0.1, -0.05) is 6.92 Å². The summed E-state index contributed by atoms with van der Waals surface area (Å²) in [6, 6.07) is 0. The second-order valence-electron chi connectivity index (χ2n) is 1.29. The highest BCUT2D eigenvalue weighted by Gasteiger charge is 1.87. The Hall–Kier alpha value is 1.14. The van der Waals surface area contributed by atoms with Crippen LogP contribution in [0.15, 0.2) is 0 Å². The molecule has 0 nitrogen and oxygen atoms in total. The van der Waals surface area contributed by atoms with Gasteiger partial charge in [-0.15, -0.1) is 11.7 Å². The Morgan fingerprint density at radius 2 is 2.00 bits per heavy atom. The van der Waals surface area contributed by atoms with Crippen molar-refractivity contribution in [1.29, 1.82) is 0 Å². The molecule has 0 saturated heterocycles. The first-order chi connectivity index (χ1) is 3.06. The van der Waals surface area contributed by atoms with Crippen LogP contribution >= 0.6 is 11.7 Å². The SMILES string of the molecule is CCCS(=S)(=S)S. The summed E-state index contributed by atoms with van der Waals surface area (Å²) in [6.07, 6.45) is -0.252. The lowest BCUT2D eigenvalue weighted by molar-refractivity contribution is 1.11. The molecular weight excluding hydrogens is 164 g/mol. The lowest BCUT2D eigenvalue weighted by Gasteiger charge is -1.94. The van der Waals surface area contributed by atoms with Gasteiger partial charge in [-0.3, -0.25) is 0 Å². The zero-order valence-electron chi connectivity index (χ0n) is 4.09. The fraction of sp³-hybridized carbons (Fsp3) is 1.00. The van der Waals surface area contributed by atoms with Gasteiger partial charge in [-0.25, -0.2) is 0 Å². The maximum absolute atomic E-state index is 4.85. The second-order valence-corrected chi connectivity index (χ2v) is 10.3. The molecule has 0 bridgehead atoms. The summed E-state index contributed by atoms with van der Waals surface area (Å²) in [5.74, 6) is 0.917. The first-order valence-corrected chi connectivity index (χ1v) is 6.72. The lowest BCUT2D eigenvalue weighted by Crippen LogP contribution is -1.89. The van der Waals surface area contributed by atoms with Crippen molar-refractivity contribution in [3.8, 4) is 0 Å². The van der Waals surface area contributed by atoms with Gasteiger partial charge in [0.2, 0.25) is 0 Å². The van der Waals surface area contributed by atoms with Crippen molar-refractivity contribution in [3.05, 3.63) is 0 Å². The molecule has 0 spiro atoms. The average molecular weight is 172 g/mol. The minimum atomic E-state index is -1.31. The molecule has 0 radical (unpaired) electrons. The van der Waals surface area contributed by atoms with E-state index in [-0.39, 0.29) is 0 Å². The van der Waals surface area contributed by atoms with Crippen molar-refractivity contribution in [2.24, 2.45) is 0 Å². The second kappa shape index (κ2) is 3.22. The van der Waals surface area contributed by atoms with Gasteiger partial charge in [-0.2, -0.15) is 0 Å². The van der Waals surface area contributed by atoms with E-state index in [1.54, 1.807) is 0 Å². The zero-order valence-corrected chi connectivity index (χ0v) is 7.43. The zero-order chi connectivity index (χ0) is 5.91. The summed E-state index contributed by atoms with van der Waals surface area (Å²) in [5, 5.41) is 0. The molecule has 0 aliphatic carbocycles. The third-order valence-electron chi connectivity index (χ3n) is 0.462. The highest BCUT2D eigenvalue weighted by Crippen LogP contribution is 1.98. The molecule has 0 atom stereocenters. The molecule has 0 rings (SSSR count). The molecule has 0 aromatic heterocycles. The maximum Gasteiger partial charge on any atom is 0.0107 e. The van der Waals surface area contributed by atoms with E-state index < -0.39 is 6.18 Å². The van der Waals surface area contributed by atoms with Gasteiger partial charge < -0.3 is 0 Å². The number of hydrogen-bond acceptors (Lipinski definition) is 2. The van der Waals surface area contributed by atoms with Crippen LogP contribution in [0.1, 0.15) is 13.3 Å². The summed E-state index contributed by atoms with van der Waals surface area (Å²) < 4.78 is 0. The molecule has 0 aromatic carbocycles. The summed E-state index contributed by atoms with van der Waals surface area (Å²) in [7, 11) is 0. The minimum Gasteiger partial charge on any atom is -0.103 e. The van der Waals surface area contributed by atoms with Gasteiger partial charge in [-0.05, 0) is 35.0 Å². The van der Waals surface area contributed by atoms with Crippen LogP contribution in [-0.4, -0.2) is 5.75 Å². The van der Waals surface area contributed by atoms with E-state index in [4.69, 9.17) is 22.4 Å². The molecule has 0 heterocycles. The van der Waals surface area contributed by atoms with Crippen molar-refractivity contribution in [3.63, 3.8) is 0 Å². The quantitative estimate of drug-likeness (QED) is 0.493. The van der Waals surface area contributed by atoms with E-state index in [1.165, 1.54) is 0 Å². The van der Waals surface area contributed by atoms with Gasteiger partial charge in [0, 0.05) is 5.75 Å². The van der Waals surface area contributed by atoms with Crippen molar-refractivity contribution < 1.29 is 0 Å². The Kier molecular flexibility index (Phi) is 3.75. The van der Waals surface area contributed by atoms with Crippen molar-refractivity contribution in [2.75, 3.05) is 5.75 Å². The fourth-order valence-electron chi connectivity index (χ4n) is 0.258. The van der Waals surface area contributed by atoms with E-state index in [0.29, 0.717) is 0 Å². The molecule has 7 heavy (non-hydrogen) atoms. The largest absolute Gasteiger partial charge is 0.103 e. The Morgan fingerprint density at radius 1 is 1.57 bits per heavy atom. The lowest BCUT2D eigenvalue weighted by atomic mass is 10.6. The molecule has 0 aromatic rings. The molecule has 0 saturated carbocycles. The predicted octanol–water partition coefficient (Wildman–Crippen LogP) is 1.32. The first-order valence-electron chi connectivity index (χ1n) is 2.01. The van der Waals surface area contributed by atoms with Gasteiger partial charge >= 0.3 is 0 Å². The molecule has 4 heteroatoms. The van der Waals surface area contributed by atoms with Crippen LogP contribution in [0.25, 0.3) is 0 Å². The molecule has 44 valence electrons. The van der Waals surface area contributed by atoms with Gasteiger partial charge in [0.1, 0.15) is 0 Å². The third kappa shape index (κ3) is 7.14. The Bertz CT molecular complexity index is 120. The average Bonchev–Trinajstić information content (AvgIpc) is 1.30. The summed E-state index contributed by atoms with van der Waals surface area (Å²) in [6.45, 7) is 2.07. The predicted molar refractivity (Wildman–Crippen MR) is 46.2 cm³/mol. The van der Waals surface area contributed by atoms with E-state index >= 15 is 0 Å². The van der Waals surface area contributed by atoms with Gasteiger partial charge in [0.15, 0.2) is 0 Å². The van der Waals surface area contributed by atoms with E-state index in [0.717, 1.165) is 12.2 Å². The smallest absolute Gasteiger partial charge is 0.0107 e. The topological polar surface area (TPSA) is 0 Å². The van der Waals surface area contributed by atoms with Crippen LogP contribution in [-0.2, 0) is 28.6 Å². The number of thiol groups is 1. The fourth-order valence-corrected chi connectivity index (χ4v) is 2.32. The standard InChI is InChI=1S/C3H8S4/c1-2-3-7(4,5)6/h2-3H2,1H3,(H,4,5,6). The summed E-state index contributed by atoms with van der Waals surface area (Å²) in [5.41, 5.74) is 0. The van der Waals surface area contributed by atoms with E-state index in [2.05, 4.69) is 18.6 Å². The van der Waals surface area contributed by atoms with Crippen molar-refractivity contribution in [1.82, 2.24) is 0 Å². The number of hydrogen-bond donors (Lipinski definition) is 1. The number of rotatable bonds is 2. The Morgan fingerprint density at radius 3 is 2.00 bits per heavy atom. The van der Waals surface area contributed by atoms with Crippen LogP contribution < -0.4 is 0 Å². The monoisotopic (exact) mass is 172 g/mol. The van der Waals surface area contributed by atoms with Crippen LogP contribution in [0.4, 0.5) is 0 Å². The molecule has 0 fully saturated rings. The Balaban J connectivity index is 3.60. The van der Waals surface area contributed by atoms with Gasteiger partial charge in [0.05, 0.1) is 0 Å². The van der Waals surface area contributed by atoms with Crippen molar-refractivity contribution in [2.45, 2.75) is 13.3 Å². The minimum absolute atomic E-state index is 0.917. The molecule has 0 aliphatic heterocycles. The van der Waals surface area contributed by atoms with Crippen LogP contribution in [0.5, 0.6) is 0 Å². The van der Waals surface area contributed by atoms with Crippen LogP contribution in [0, 0.1) is 0 Å². The molecule has 0 unspecified atom stereocenters. The highest BCUT2D eigenvalue weighted by molar-refractivity contribution is 8.92. The summed E-state index contributed by atoms with van der Waals surface area (Å²) in [4.78, 5) is 0. The normalized spacial score (nSPS) is 11.7. The Labute approximate surface area is 59.3 Å². The van der Waals surface area contributed by atoms with E-state index in [9.17, 15) is 0 Å². The van der Waals surface area contributed by atoms with Crippen molar-refractivity contribution >= 4 is 40.2 Å². The summed E-state index contributed by atoms with van der Waals surface area (Å²) >= 11 is 13.7. The molecule has 0 aliphatic rings. The molecular formula is C3H8S4. The highest BCUT2D eigenvalue weighted by atomic mass is 33.5. The van der Waals surface area contributed by atoms with Gasteiger partial charge in [0.25, 0.3) is 0 Å². The third-order valence-corrected chi connectivity index (χ3v) is 2.93. The maximum atomic E-state index is 4.85. The van der Waals surface area contributed by atoms with E-state index in [1.807, 2.05) is 0 Å². The van der Waals surface area contributed by atoms with Crippen LogP contribution in [0.3, 0.4) is 0 Å². The molecule has 0 N–H and O–H groups in total. The first kappa shape index (κ1) is 8.14. The van der Waals surface area contributed by atoms with Crippen LogP contribution in [0.2, 0.25) is 0 Å². The molecule has 0 amide bonds.